The Balaban J connectivity index is 2.11. The molecule has 0 unspecified atom stereocenters. The normalized spacial score (nSPS) is 12.3. The van der Waals surface area contributed by atoms with E-state index in [9.17, 15) is 21.6 Å². The van der Waals surface area contributed by atoms with Gasteiger partial charge in [0.05, 0.1) is 11.4 Å². The minimum Gasteiger partial charge on any atom is -0.379 e. The Kier molecular flexibility index (Phi) is 3.71. The summed E-state index contributed by atoms with van der Waals surface area (Å²) >= 11 is 0. The van der Waals surface area contributed by atoms with Gasteiger partial charge in [0.15, 0.2) is 0 Å². The second kappa shape index (κ2) is 5.16. The van der Waals surface area contributed by atoms with E-state index in [0.29, 0.717) is 17.9 Å². The number of halogens is 3. The average Bonchev–Trinajstić information content (AvgIpc) is 2.88. The largest absolute Gasteiger partial charge is 0.501 e. The molecule has 0 spiro atoms. The molecule has 1 heterocycles. The summed E-state index contributed by atoms with van der Waals surface area (Å²) in [4.78, 5) is -0.794. The molecule has 0 atom stereocenters. The molecule has 20 heavy (non-hydrogen) atoms. The summed E-state index contributed by atoms with van der Waals surface area (Å²) in [6, 6.07) is 5.91. The SMILES string of the molecule is O=S(=O)(c1ccc(NCc2ccon2)cc1)C(F)(F)F. The van der Waals surface area contributed by atoms with E-state index < -0.39 is 20.2 Å². The Labute approximate surface area is 112 Å². The fourth-order valence-electron chi connectivity index (χ4n) is 1.41. The first-order valence-electron chi connectivity index (χ1n) is 5.35. The zero-order valence-electron chi connectivity index (χ0n) is 9.89. The highest BCUT2D eigenvalue weighted by Crippen LogP contribution is 2.30. The summed E-state index contributed by atoms with van der Waals surface area (Å²) in [5, 5.41) is 6.50. The van der Waals surface area contributed by atoms with Gasteiger partial charge in [0.25, 0.3) is 9.84 Å². The van der Waals surface area contributed by atoms with Gasteiger partial charge in [-0.2, -0.15) is 13.2 Å². The van der Waals surface area contributed by atoms with Crippen LogP contribution >= 0.6 is 0 Å². The molecule has 0 aliphatic carbocycles. The number of sulfone groups is 1. The lowest BCUT2D eigenvalue weighted by Crippen LogP contribution is -2.23. The molecule has 0 saturated heterocycles. The van der Waals surface area contributed by atoms with E-state index in [2.05, 4.69) is 15.0 Å². The number of aromatic nitrogens is 1. The first kappa shape index (κ1) is 14.4. The molecule has 0 amide bonds. The third kappa shape index (κ3) is 2.93. The van der Waals surface area contributed by atoms with Gasteiger partial charge in [0.1, 0.15) is 12.0 Å². The van der Waals surface area contributed by atoms with Crippen molar-refractivity contribution in [3.63, 3.8) is 0 Å². The van der Waals surface area contributed by atoms with Crippen molar-refractivity contribution in [3.05, 3.63) is 42.3 Å². The predicted octanol–water partition coefficient (Wildman–Crippen LogP) is 2.58. The van der Waals surface area contributed by atoms with Crippen LogP contribution in [0.1, 0.15) is 5.69 Å². The third-order valence-electron chi connectivity index (χ3n) is 2.43. The number of anilines is 1. The molecule has 0 fully saturated rings. The molecular weight excluding hydrogens is 297 g/mol. The number of hydrogen-bond donors (Lipinski definition) is 1. The number of rotatable bonds is 4. The fourth-order valence-corrected chi connectivity index (χ4v) is 2.17. The number of hydrogen-bond acceptors (Lipinski definition) is 5. The number of nitrogens with one attached hydrogen (secondary N) is 1. The fraction of sp³-hybridized carbons (Fsp3) is 0.182. The Morgan fingerprint density at radius 3 is 2.30 bits per heavy atom. The molecule has 1 aromatic heterocycles. The van der Waals surface area contributed by atoms with Crippen molar-refractivity contribution in [2.75, 3.05) is 5.32 Å². The van der Waals surface area contributed by atoms with Gasteiger partial charge in [0.2, 0.25) is 0 Å². The van der Waals surface area contributed by atoms with Crippen molar-refractivity contribution in [1.29, 1.82) is 0 Å². The monoisotopic (exact) mass is 306 g/mol. The Morgan fingerprint density at radius 1 is 1.15 bits per heavy atom. The minimum absolute atomic E-state index is 0.307. The minimum atomic E-state index is -5.31. The quantitative estimate of drug-likeness (QED) is 0.940. The maximum absolute atomic E-state index is 12.3. The molecule has 108 valence electrons. The van der Waals surface area contributed by atoms with E-state index in [0.717, 1.165) is 12.1 Å². The van der Waals surface area contributed by atoms with Gasteiger partial charge in [-0.15, -0.1) is 0 Å². The summed E-state index contributed by atoms with van der Waals surface area (Å²) in [5.41, 5.74) is -4.23. The lowest BCUT2D eigenvalue weighted by molar-refractivity contribution is -0.0436. The van der Waals surface area contributed by atoms with Crippen molar-refractivity contribution in [2.24, 2.45) is 0 Å². The van der Waals surface area contributed by atoms with Crippen LogP contribution in [-0.2, 0) is 16.4 Å². The lowest BCUT2D eigenvalue weighted by Gasteiger charge is -2.09. The average molecular weight is 306 g/mol. The van der Waals surface area contributed by atoms with Crippen LogP contribution in [0.2, 0.25) is 0 Å². The smallest absolute Gasteiger partial charge is 0.379 e. The van der Waals surface area contributed by atoms with Crippen molar-refractivity contribution in [1.82, 2.24) is 5.16 Å². The van der Waals surface area contributed by atoms with Gasteiger partial charge in [-0.05, 0) is 24.3 Å². The van der Waals surface area contributed by atoms with Crippen LogP contribution in [-0.4, -0.2) is 19.1 Å². The van der Waals surface area contributed by atoms with Crippen LogP contribution in [0, 0.1) is 0 Å². The first-order chi connectivity index (χ1) is 9.30. The second-order valence-corrected chi connectivity index (χ2v) is 5.76. The zero-order chi connectivity index (χ0) is 14.8. The van der Waals surface area contributed by atoms with E-state index in [1.807, 2.05) is 0 Å². The van der Waals surface area contributed by atoms with Crippen LogP contribution in [0.3, 0.4) is 0 Å². The summed E-state index contributed by atoms with van der Waals surface area (Å²) in [5.74, 6) is 0. The van der Waals surface area contributed by atoms with Crippen LogP contribution in [0.25, 0.3) is 0 Å². The van der Waals surface area contributed by atoms with Gasteiger partial charge in [-0.1, -0.05) is 5.16 Å². The standard InChI is InChI=1S/C11H9F3N2O3S/c12-11(13,14)20(17,18)10-3-1-8(2-4-10)15-7-9-5-6-19-16-9/h1-6,15H,7H2. The van der Waals surface area contributed by atoms with Crippen LogP contribution in [0.15, 0.2) is 46.0 Å². The van der Waals surface area contributed by atoms with Crippen LogP contribution < -0.4 is 5.32 Å². The third-order valence-corrected chi connectivity index (χ3v) is 3.94. The molecule has 1 N–H and O–H groups in total. The summed E-state index contributed by atoms with van der Waals surface area (Å²) < 4.78 is 63.9. The van der Waals surface area contributed by atoms with Crippen LogP contribution in [0.5, 0.6) is 0 Å². The molecule has 1 aromatic carbocycles. The maximum Gasteiger partial charge on any atom is 0.501 e. The van der Waals surface area contributed by atoms with Crippen LogP contribution in [0.4, 0.5) is 18.9 Å². The summed E-state index contributed by atoms with van der Waals surface area (Å²) in [7, 11) is -5.31. The highest BCUT2D eigenvalue weighted by Gasteiger charge is 2.46. The highest BCUT2D eigenvalue weighted by atomic mass is 32.2. The number of nitrogens with zero attached hydrogens (tertiary/aromatic N) is 1. The molecule has 0 aliphatic rings. The lowest BCUT2D eigenvalue weighted by atomic mass is 10.3. The van der Waals surface area contributed by atoms with E-state index in [1.54, 1.807) is 6.07 Å². The van der Waals surface area contributed by atoms with Crippen molar-refractivity contribution in [3.8, 4) is 0 Å². The topological polar surface area (TPSA) is 72.2 Å². The van der Waals surface area contributed by atoms with Gasteiger partial charge < -0.3 is 9.84 Å². The van der Waals surface area contributed by atoms with Gasteiger partial charge in [0, 0.05) is 11.8 Å². The molecule has 0 aliphatic heterocycles. The van der Waals surface area contributed by atoms with E-state index in [-0.39, 0.29) is 0 Å². The first-order valence-corrected chi connectivity index (χ1v) is 6.83. The summed E-state index contributed by atoms with van der Waals surface area (Å²) in [6.45, 7) is 0.307. The van der Waals surface area contributed by atoms with Crippen molar-refractivity contribution < 1.29 is 26.1 Å². The number of alkyl halides is 3. The van der Waals surface area contributed by atoms with Gasteiger partial charge in [-0.3, -0.25) is 0 Å². The molecule has 5 nitrogen and oxygen atoms in total. The van der Waals surface area contributed by atoms with Gasteiger partial charge >= 0.3 is 5.51 Å². The Morgan fingerprint density at radius 2 is 1.80 bits per heavy atom. The van der Waals surface area contributed by atoms with Crippen molar-refractivity contribution in [2.45, 2.75) is 16.9 Å². The molecule has 0 bridgehead atoms. The maximum atomic E-state index is 12.3. The predicted molar refractivity (Wildman–Crippen MR) is 63.5 cm³/mol. The molecule has 2 rings (SSSR count). The molecule has 0 radical (unpaired) electrons. The summed E-state index contributed by atoms with van der Waals surface area (Å²) in [6.07, 6.45) is 1.38. The Hall–Kier alpha value is -2.03. The highest BCUT2D eigenvalue weighted by molar-refractivity contribution is 7.92. The van der Waals surface area contributed by atoms with Gasteiger partial charge in [-0.25, -0.2) is 8.42 Å². The zero-order valence-corrected chi connectivity index (χ0v) is 10.7. The van der Waals surface area contributed by atoms with E-state index >= 15 is 0 Å². The Bertz CT molecular complexity index is 664. The second-order valence-electron chi connectivity index (χ2n) is 3.82. The molecule has 9 heteroatoms. The van der Waals surface area contributed by atoms with Crippen molar-refractivity contribution >= 4 is 15.5 Å². The molecule has 2 aromatic rings. The van der Waals surface area contributed by atoms with E-state index in [4.69, 9.17) is 0 Å². The number of benzene rings is 1. The molecule has 0 saturated carbocycles. The van der Waals surface area contributed by atoms with E-state index in [1.165, 1.54) is 18.4 Å². The molecular formula is C11H9F3N2O3S.